The molecule has 0 amide bonds. The van der Waals surface area contributed by atoms with E-state index in [-0.39, 0.29) is 0 Å². The topological polar surface area (TPSA) is 69.4 Å². The summed E-state index contributed by atoms with van der Waals surface area (Å²) in [7, 11) is 1.67. The summed E-state index contributed by atoms with van der Waals surface area (Å²) in [6, 6.07) is 3.81. The quantitative estimate of drug-likeness (QED) is 0.507. The molecule has 0 aliphatic heterocycles. The Morgan fingerprint density at radius 1 is 1.30 bits per heavy atom. The monoisotopic (exact) mass is 297 g/mol. The third-order valence-electron chi connectivity index (χ3n) is 2.74. The minimum Gasteiger partial charge on any atom is -0.389 e. The van der Waals surface area contributed by atoms with Crippen LogP contribution in [0.4, 0.5) is 5.82 Å². The van der Waals surface area contributed by atoms with Crippen molar-refractivity contribution >= 4 is 23.0 Å². The molecule has 3 N–H and O–H groups in total. The van der Waals surface area contributed by atoms with E-state index >= 15 is 0 Å². The molecule has 0 bridgehead atoms. The fraction of sp³-hybridized carbons (Fsp3) is 0.571. The van der Waals surface area contributed by atoms with Crippen LogP contribution in [0.1, 0.15) is 24.1 Å². The van der Waals surface area contributed by atoms with Gasteiger partial charge < -0.3 is 20.5 Å². The Morgan fingerprint density at radius 2 is 2.10 bits per heavy atom. The number of hydrogen-bond acceptors (Lipinski definition) is 5. The van der Waals surface area contributed by atoms with Gasteiger partial charge in [0.2, 0.25) is 0 Å². The van der Waals surface area contributed by atoms with Crippen LogP contribution in [0.2, 0.25) is 0 Å². The van der Waals surface area contributed by atoms with Crippen molar-refractivity contribution in [1.29, 1.82) is 0 Å². The second-order valence-corrected chi connectivity index (χ2v) is 4.89. The first kappa shape index (κ1) is 16.8. The fourth-order valence-electron chi connectivity index (χ4n) is 1.67. The smallest absolute Gasteiger partial charge is 0.136 e. The lowest BCUT2D eigenvalue weighted by molar-refractivity contribution is 0.0691. The molecule has 1 aromatic rings. The van der Waals surface area contributed by atoms with E-state index in [1.165, 1.54) is 0 Å². The lowest BCUT2D eigenvalue weighted by Crippen LogP contribution is -2.15. The molecular weight excluding hydrogens is 274 g/mol. The van der Waals surface area contributed by atoms with E-state index in [0.717, 1.165) is 43.1 Å². The molecule has 1 aromatic heterocycles. The largest absolute Gasteiger partial charge is 0.389 e. The van der Waals surface area contributed by atoms with E-state index in [2.05, 4.69) is 10.3 Å². The van der Waals surface area contributed by atoms with Crippen molar-refractivity contribution in [2.24, 2.45) is 5.73 Å². The number of methoxy groups -OCH3 is 1. The molecule has 0 aliphatic rings. The highest BCUT2D eigenvalue weighted by Crippen LogP contribution is 2.13. The molecule has 0 fully saturated rings. The summed E-state index contributed by atoms with van der Waals surface area (Å²) in [4.78, 5) is 4.79. The average Bonchev–Trinajstić information content (AvgIpc) is 2.41. The molecule has 1 rings (SSSR count). The number of thiocarbonyl (C=S) groups is 1. The fourth-order valence-corrected chi connectivity index (χ4v) is 1.84. The summed E-state index contributed by atoms with van der Waals surface area (Å²) < 4.78 is 10.3. The van der Waals surface area contributed by atoms with Crippen molar-refractivity contribution in [3.63, 3.8) is 0 Å². The number of anilines is 1. The van der Waals surface area contributed by atoms with Gasteiger partial charge in [0.25, 0.3) is 0 Å². The van der Waals surface area contributed by atoms with Crippen molar-refractivity contribution in [2.45, 2.75) is 19.8 Å². The Hall–Kier alpha value is -1.24. The Bertz CT molecular complexity index is 427. The van der Waals surface area contributed by atoms with Crippen molar-refractivity contribution in [2.75, 3.05) is 38.8 Å². The first-order chi connectivity index (χ1) is 9.65. The SMILES string of the molecule is COCCOCCCCNc1nc(C)ccc1C(N)=S. The predicted octanol–water partition coefficient (Wildman–Crippen LogP) is 1.88. The van der Waals surface area contributed by atoms with Gasteiger partial charge in [-0.05, 0) is 31.9 Å². The second kappa shape index (κ2) is 9.63. The number of ether oxygens (including phenoxy) is 2. The maximum atomic E-state index is 5.68. The molecule has 5 nitrogen and oxygen atoms in total. The third kappa shape index (κ3) is 6.27. The van der Waals surface area contributed by atoms with E-state index in [1.807, 2.05) is 19.1 Å². The van der Waals surface area contributed by atoms with Gasteiger partial charge in [-0.1, -0.05) is 12.2 Å². The highest BCUT2D eigenvalue weighted by Gasteiger charge is 2.06. The van der Waals surface area contributed by atoms with E-state index in [0.29, 0.717) is 18.2 Å². The van der Waals surface area contributed by atoms with E-state index in [1.54, 1.807) is 7.11 Å². The Balaban J connectivity index is 2.28. The van der Waals surface area contributed by atoms with Gasteiger partial charge in [-0.25, -0.2) is 4.98 Å². The molecule has 0 aromatic carbocycles. The van der Waals surface area contributed by atoms with Crippen LogP contribution in [-0.4, -0.2) is 43.4 Å². The zero-order chi connectivity index (χ0) is 14.8. The number of aromatic nitrogens is 1. The molecule has 6 heteroatoms. The molecule has 0 unspecified atom stereocenters. The van der Waals surface area contributed by atoms with Crippen LogP contribution in [0.15, 0.2) is 12.1 Å². The molecule has 0 atom stereocenters. The Kier molecular flexibility index (Phi) is 8.10. The third-order valence-corrected chi connectivity index (χ3v) is 2.96. The van der Waals surface area contributed by atoms with Crippen LogP contribution in [0, 0.1) is 6.92 Å². The first-order valence-corrected chi connectivity index (χ1v) is 7.14. The minimum absolute atomic E-state index is 0.364. The molecule has 20 heavy (non-hydrogen) atoms. The summed E-state index contributed by atoms with van der Waals surface area (Å²) in [5, 5.41) is 3.28. The van der Waals surface area contributed by atoms with Gasteiger partial charge in [-0.2, -0.15) is 0 Å². The van der Waals surface area contributed by atoms with Gasteiger partial charge >= 0.3 is 0 Å². The summed E-state index contributed by atoms with van der Waals surface area (Å²) in [6.45, 7) is 4.80. The molecule has 0 spiro atoms. The van der Waals surface area contributed by atoms with Crippen LogP contribution in [0.3, 0.4) is 0 Å². The number of pyridine rings is 1. The highest BCUT2D eigenvalue weighted by atomic mass is 32.1. The number of nitrogens with one attached hydrogen (secondary N) is 1. The van der Waals surface area contributed by atoms with E-state index in [4.69, 9.17) is 27.4 Å². The van der Waals surface area contributed by atoms with Crippen LogP contribution in [-0.2, 0) is 9.47 Å². The number of unbranched alkanes of at least 4 members (excludes halogenated alkanes) is 1. The summed E-state index contributed by atoms with van der Waals surface area (Å²) in [6.07, 6.45) is 1.99. The second-order valence-electron chi connectivity index (χ2n) is 4.45. The first-order valence-electron chi connectivity index (χ1n) is 6.73. The van der Waals surface area contributed by atoms with Crippen LogP contribution in [0.25, 0.3) is 0 Å². The zero-order valence-electron chi connectivity index (χ0n) is 12.1. The molecular formula is C14H23N3O2S. The lowest BCUT2D eigenvalue weighted by Gasteiger charge is -2.11. The van der Waals surface area contributed by atoms with Gasteiger partial charge in [0.05, 0.1) is 18.8 Å². The molecule has 1 heterocycles. The summed E-state index contributed by atoms with van der Waals surface area (Å²) >= 11 is 5.02. The standard InChI is InChI=1S/C14H23N3O2S/c1-11-5-6-12(13(15)20)14(17-11)16-7-3-4-8-19-10-9-18-2/h5-6H,3-4,7-10H2,1-2H3,(H2,15,20)(H,16,17). The van der Waals surface area contributed by atoms with Gasteiger partial charge in [0.15, 0.2) is 0 Å². The molecule has 0 saturated heterocycles. The summed E-state index contributed by atoms with van der Waals surface area (Å²) in [5.41, 5.74) is 7.42. The number of hydrogen-bond donors (Lipinski definition) is 2. The maximum Gasteiger partial charge on any atom is 0.136 e. The van der Waals surface area contributed by atoms with Gasteiger partial charge in [0, 0.05) is 26.0 Å². The Morgan fingerprint density at radius 3 is 2.80 bits per heavy atom. The molecule has 0 radical (unpaired) electrons. The summed E-state index contributed by atoms with van der Waals surface area (Å²) in [5.74, 6) is 0.762. The van der Waals surface area contributed by atoms with E-state index < -0.39 is 0 Å². The molecule has 0 aliphatic carbocycles. The van der Waals surface area contributed by atoms with Crippen molar-refractivity contribution in [1.82, 2.24) is 4.98 Å². The zero-order valence-corrected chi connectivity index (χ0v) is 13.0. The van der Waals surface area contributed by atoms with Crippen molar-refractivity contribution in [3.8, 4) is 0 Å². The van der Waals surface area contributed by atoms with Crippen LogP contribution < -0.4 is 11.1 Å². The predicted molar refractivity (Wildman–Crippen MR) is 85.3 cm³/mol. The highest BCUT2D eigenvalue weighted by molar-refractivity contribution is 7.80. The van der Waals surface area contributed by atoms with Crippen molar-refractivity contribution < 1.29 is 9.47 Å². The number of rotatable bonds is 10. The lowest BCUT2D eigenvalue weighted by atomic mass is 10.2. The van der Waals surface area contributed by atoms with Gasteiger partial charge in [-0.3, -0.25) is 0 Å². The normalized spacial score (nSPS) is 10.5. The maximum absolute atomic E-state index is 5.68. The number of aryl methyl sites for hydroxylation is 1. The molecule has 0 saturated carbocycles. The minimum atomic E-state index is 0.364. The molecule has 112 valence electrons. The van der Waals surface area contributed by atoms with Crippen LogP contribution >= 0.6 is 12.2 Å². The van der Waals surface area contributed by atoms with Gasteiger partial charge in [-0.15, -0.1) is 0 Å². The van der Waals surface area contributed by atoms with Gasteiger partial charge in [0.1, 0.15) is 10.8 Å². The van der Waals surface area contributed by atoms with Crippen molar-refractivity contribution in [3.05, 3.63) is 23.4 Å². The van der Waals surface area contributed by atoms with E-state index in [9.17, 15) is 0 Å². The number of nitrogens with zero attached hydrogens (tertiary/aromatic N) is 1. The average molecular weight is 297 g/mol. The number of nitrogens with two attached hydrogens (primary N) is 1. The Labute approximate surface area is 125 Å². The van der Waals surface area contributed by atoms with Crippen LogP contribution in [0.5, 0.6) is 0 Å².